The number of aromatic nitrogens is 4. The van der Waals surface area contributed by atoms with Crippen LogP contribution in [-0.2, 0) is 4.79 Å². The number of nitrogens with zero attached hydrogens (tertiary/aromatic N) is 4. The van der Waals surface area contributed by atoms with Crippen LogP contribution in [-0.4, -0.2) is 38.9 Å². The van der Waals surface area contributed by atoms with E-state index in [1.807, 2.05) is 31.2 Å². The number of hydrogen-bond acceptors (Lipinski definition) is 8. The van der Waals surface area contributed by atoms with Crippen LogP contribution in [0.4, 0.5) is 5.69 Å². The third-order valence-corrected chi connectivity index (χ3v) is 4.87. The molecule has 0 spiro atoms. The number of amides is 1. The van der Waals surface area contributed by atoms with Crippen LogP contribution in [0.5, 0.6) is 5.75 Å². The predicted molar refractivity (Wildman–Crippen MR) is 110 cm³/mol. The Hall–Kier alpha value is -3.46. The van der Waals surface area contributed by atoms with Crippen molar-refractivity contribution in [2.75, 3.05) is 18.2 Å². The van der Waals surface area contributed by atoms with Gasteiger partial charge in [0.15, 0.2) is 0 Å². The minimum atomic E-state index is -0.179. The fraction of sp³-hybridized carbons (Fsp3) is 0.150. The van der Waals surface area contributed by atoms with E-state index in [1.165, 1.54) is 0 Å². The van der Waals surface area contributed by atoms with Crippen molar-refractivity contribution < 1.29 is 13.9 Å². The standard InChI is InChI=1S/C20H17N5O3S/c1-12-18(23-16-6-4-3-5-15(16)21-12)19-24-25-20(28-19)29-11-17(26)22-13-7-9-14(27-2)10-8-13/h3-10H,11H2,1-2H3,(H,22,26). The summed E-state index contributed by atoms with van der Waals surface area (Å²) in [4.78, 5) is 21.2. The Morgan fingerprint density at radius 2 is 1.79 bits per heavy atom. The number of rotatable bonds is 6. The van der Waals surface area contributed by atoms with E-state index < -0.39 is 0 Å². The molecule has 0 aliphatic heterocycles. The Bertz CT molecular complexity index is 1160. The van der Waals surface area contributed by atoms with Crippen LogP contribution in [0.2, 0.25) is 0 Å². The first kappa shape index (κ1) is 18.9. The lowest BCUT2D eigenvalue weighted by Gasteiger charge is -2.05. The van der Waals surface area contributed by atoms with E-state index in [2.05, 4.69) is 25.5 Å². The number of thioether (sulfide) groups is 1. The SMILES string of the molecule is COc1ccc(NC(=O)CSc2nnc(-c3nc4ccccc4nc3C)o2)cc1. The van der Waals surface area contributed by atoms with Crippen molar-refractivity contribution in [3.8, 4) is 17.3 Å². The van der Waals surface area contributed by atoms with Gasteiger partial charge in [-0.25, -0.2) is 9.97 Å². The Morgan fingerprint density at radius 1 is 1.07 bits per heavy atom. The second-order valence-corrected chi connectivity index (χ2v) is 7.01. The zero-order chi connectivity index (χ0) is 20.2. The van der Waals surface area contributed by atoms with E-state index >= 15 is 0 Å². The van der Waals surface area contributed by atoms with Crippen molar-refractivity contribution in [3.05, 3.63) is 54.2 Å². The minimum Gasteiger partial charge on any atom is -0.497 e. The van der Waals surface area contributed by atoms with E-state index in [1.54, 1.807) is 31.4 Å². The number of para-hydroxylation sites is 2. The topological polar surface area (TPSA) is 103 Å². The molecule has 1 N–H and O–H groups in total. The number of ether oxygens (including phenoxy) is 1. The van der Waals surface area contributed by atoms with Gasteiger partial charge in [-0.1, -0.05) is 23.9 Å². The molecule has 0 aliphatic carbocycles. The normalized spacial score (nSPS) is 10.8. The van der Waals surface area contributed by atoms with E-state index in [0.717, 1.165) is 28.5 Å². The quantitative estimate of drug-likeness (QED) is 0.482. The lowest BCUT2D eigenvalue weighted by atomic mass is 10.2. The average Bonchev–Trinajstić information content (AvgIpc) is 3.21. The zero-order valence-electron chi connectivity index (χ0n) is 15.7. The van der Waals surface area contributed by atoms with Crippen molar-refractivity contribution in [3.63, 3.8) is 0 Å². The molecule has 0 saturated heterocycles. The lowest BCUT2D eigenvalue weighted by molar-refractivity contribution is -0.113. The Morgan fingerprint density at radius 3 is 2.52 bits per heavy atom. The van der Waals surface area contributed by atoms with Crippen molar-refractivity contribution in [2.45, 2.75) is 12.1 Å². The van der Waals surface area contributed by atoms with Gasteiger partial charge in [-0.3, -0.25) is 4.79 Å². The molecule has 0 fully saturated rings. The van der Waals surface area contributed by atoms with Gasteiger partial charge in [0.05, 0.1) is 29.6 Å². The molecule has 4 aromatic rings. The molecular formula is C20H17N5O3S. The molecule has 9 heteroatoms. The second kappa shape index (κ2) is 8.27. The second-order valence-electron chi connectivity index (χ2n) is 6.08. The number of aryl methyl sites for hydroxylation is 1. The smallest absolute Gasteiger partial charge is 0.277 e. The monoisotopic (exact) mass is 407 g/mol. The number of carbonyl (C=O) groups excluding carboxylic acids is 1. The van der Waals surface area contributed by atoms with Crippen molar-refractivity contribution in [1.29, 1.82) is 0 Å². The van der Waals surface area contributed by atoms with Crippen LogP contribution < -0.4 is 10.1 Å². The Balaban J connectivity index is 1.41. The highest BCUT2D eigenvalue weighted by molar-refractivity contribution is 7.99. The lowest BCUT2D eigenvalue weighted by Crippen LogP contribution is -2.13. The molecule has 2 aromatic heterocycles. The van der Waals surface area contributed by atoms with Crippen molar-refractivity contribution in [2.24, 2.45) is 0 Å². The number of methoxy groups -OCH3 is 1. The molecular weight excluding hydrogens is 390 g/mol. The van der Waals surface area contributed by atoms with Crippen molar-refractivity contribution >= 4 is 34.4 Å². The molecule has 0 aliphatic rings. The minimum absolute atomic E-state index is 0.135. The van der Waals surface area contributed by atoms with Gasteiger partial charge in [-0.2, -0.15) is 0 Å². The number of anilines is 1. The number of fused-ring (bicyclic) bond motifs is 1. The maximum atomic E-state index is 12.1. The summed E-state index contributed by atoms with van der Waals surface area (Å²) in [5.74, 6) is 0.957. The van der Waals surface area contributed by atoms with Gasteiger partial charge in [0.1, 0.15) is 11.4 Å². The first-order valence-electron chi connectivity index (χ1n) is 8.76. The largest absolute Gasteiger partial charge is 0.497 e. The summed E-state index contributed by atoms with van der Waals surface area (Å²) in [6, 6.07) is 14.7. The third-order valence-electron chi connectivity index (χ3n) is 4.05. The van der Waals surface area contributed by atoms with Crippen LogP contribution in [0.25, 0.3) is 22.6 Å². The summed E-state index contributed by atoms with van der Waals surface area (Å²) in [7, 11) is 1.59. The molecule has 0 saturated carbocycles. The van der Waals surface area contributed by atoms with E-state index in [-0.39, 0.29) is 17.6 Å². The summed E-state index contributed by atoms with van der Waals surface area (Å²) in [6.07, 6.45) is 0. The zero-order valence-corrected chi connectivity index (χ0v) is 16.6. The molecule has 2 aromatic carbocycles. The summed E-state index contributed by atoms with van der Waals surface area (Å²) in [5.41, 5.74) is 3.47. The summed E-state index contributed by atoms with van der Waals surface area (Å²) < 4.78 is 10.8. The molecule has 29 heavy (non-hydrogen) atoms. The van der Waals surface area contributed by atoms with Crippen LogP contribution in [0.1, 0.15) is 5.69 Å². The van der Waals surface area contributed by atoms with E-state index in [9.17, 15) is 4.79 Å². The van der Waals surface area contributed by atoms with E-state index in [4.69, 9.17) is 9.15 Å². The summed E-state index contributed by atoms with van der Waals surface area (Å²) in [5, 5.41) is 11.1. The highest BCUT2D eigenvalue weighted by Gasteiger charge is 2.16. The maximum absolute atomic E-state index is 12.1. The highest BCUT2D eigenvalue weighted by Crippen LogP contribution is 2.25. The van der Waals surface area contributed by atoms with Gasteiger partial charge in [-0.15, -0.1) is 10.2 Å². The molecule has 0 radical (unpaired) electrons. The fourth-order valence-electron chi connectivity index (χ4n) is 2.65. The first-order valence-corrected chi connectivity index (χ1v) is 9.75. The molecule has 0 atom stereocenters. The van der Waals surface area contributed by atoms with Crippen molar-refractivity contribution in [1.82, 2.24) is 20.2 Å². The molecule has 8 nitrogen and oxygen atoms in total. The van der Waals surface area contributed by atoms with Gasteiger partial charge in [-0.05, 0) is 43.3 Å². The first-order chi connectivity index (χ1) is 14.1. The maximum Gasteiger partial charge on any atom is 0.277 e. The molecule has 146 valence electrons. The fourth-order valence-corrected chi connectivity index (χ4v) is 3.22. The van der Waals surface area contributed by atoms with E-state index in [0.29, 0.717) is 22.3 Å². The number of hydrogen-bond donors (Lipinski definition) is 1. The predicted octanol–water partition coefficient (Wildman–Crippen LogP) is 3.73. The number of nitrogens with one attached hydrogen (secondary N) is 1. The Kier molecular flexibility index (Phi) is 5.39. The van der Waals surface area contributed by atoms with Crippen LogP contribution in [0.15, 0.2) is 58.2 Å². The molecule has 0 bridgehead atoms. The molecule has 0 unspecified atom stereocenters. The molecule has 2 heterocycles. The van der Waals surface area contributed by atoms with Gasteiger partial charge in [0.25, 0.3) is 11.1 Å². The van der Waals surface area contributed by atoms with Gasteiger partial charge in [0, 0.05) is 5.69 Å². The summed E-state index contributed by atoms with van der Waals surface area (Å²) in [6.45, 7) is 1.84. The Labute approximate surface area is 170 Å². The van der Waals surface area contributed by atoms with Gasteiger partial charge in [0.2, 0.25) is 5.91 Å². The number of carbonyl (C=O) groups is 1. The molecule has 1 amide bonds. The van der Waals surface area contributed by atoms with Gasteiger partial charge < -0.3 is 14.5 Å². The van der Waals surface area contributed by atoms with Gasteiger partial charge >= 0.3 is 0 Å². The average molecular weight is 407 g/mol. The molecule has 4 rings (SSSR count). The van der Waals surface area contributed by atoms with Crippen LogP contribution in [0.3, 0.4) is 0 Å². The highest BCUT2D eigenvalue weighted by atomic mass is 32.2. The van der Waals surface area contributed by atoms with Crippen LogP contribution in [0, 0.1) is 6.92 Å². The van der Waals surface area contributed by atoms with Crippen LogP contribution >= 0.6 is 11.8 Å². The third kappa shape index (κ3) is 4.35. The number of benzene rings is 2. The summed E-state index contributed by atoms with van der Waals surface area (Å²) >= 11 is 1.16.